The number of imide groups is 1. The quantitative estimate of drug-likeness (QED) is 0.532. The molecular weight excluding hydrogens is 393 g/mol. The Kier molecular flexibility index (Phi) is 7.03. The normalized spacial score (nSPS) is 15.1. The van der Waals surface area contributed by atoms with Crippen LogP contribution in [-0.4, -0.2) is 38.0 Å². The van der Waals surface area contributed by atoms with E-state index < -0.39 is 17.2 Å². The fourth-order valence-electron chi connectivity index (χ4n) is 3.20. The van der Waals surface area contributed by atoms with E-state index in [1.165, 1.54) is 23.9 Å². The van der Waals surface area contributed by atoms with Gasteiger partial charge in [0.2, 0.25) is 5.91 Å². The molecule has 0 saturated heterocycles. The van der Waals surface area contributed by atoms with Gasteiger partial charge in [0.15, 0.2) is 11.0 Å². The highest BCUT2D eigenvalue weighted by Crippen LogP contribution is 2.27. The number of hydrogen-bond acceptors (Lipinski definition) is 5. The Morgan fingerprint density at radius 2 is 2.00 bits per heavy atom. The Bertz CT molecular complexity index is 877. The molecule has 1 atom stereocenters. The lowest BCUT2D eigenvalue weighted by molar-refractivity contribution is -0.119. The van der Waals surface area contributed by atoms with Gasteiger partial charge in [-0.1, -0.05) is 30.7 Å². The van der Waals surface area contributed by atoms with Gasteiger partial charge in [0.05, 0.1) is 5.25 Å². The van der Waals surface area contributed by atoms with Gasteiger partial charge in [-0.25, -0.2) is 9.18 Å². The zero-order valence-electron chi connectivity index (χ0n) is 16.2. The maximum Gasteiger partial charge on any atom is 0.321 e. The highest BCUT2D eigenvalue weighted by atomic mass is 32.2. The lowest BCUT2D eigenvalue weighted by atomic mass is 10.2. The third kappa shape index (κ3) is 5.44. The van der Waals surface area contributed by atoms with Crippen LogP contribution in [0.15, 0.2) is 42.1 Å². The van der Waals surface area contributed by atoms with Crippen LogP contribution in [0.4, 0.5) is 9.18 Å². The summed E-state index contributed by atoms with van der Waals surface area (Å²) < 4.78 is 15.0. The highest BCUT2D eigenvalue weighted by Gasteiger charge is 2.23. The van der Waals surface area contributed by atoms with Gasteiger partial charge in [0, 0.05) is 18.2 Å². The number of halogens is 1. The number of hydrogen-bond donors (Lipinski definition) is 2. The molecule has 0 bridgehead atoms. The van der Waals surface area contributed by atoms with Gasteiger partial charge >= 0.3 is 6.03 Å². The van der Waals surface area contributed by atoms with Crippen LogP contribution in [0.2, 0.25) is 0 Å². The van der Waals surface area contributed by atoms with Gasteiger partial charge in [-0.3, -0.25) is 14.7 Å². The van der Waals surface area contributed by atoms with Gasteiger partial charge in [0.25, 0.3) is 0 Å². The first-order valence-corrected chi connectivity index (χ1v) is 10.4. The summed E-state index contributed by atoms with van der Waals surface area (Å²) in [4.78, 5) is 24.4. The summed E-state index contributed by atoms with van der Waals surface area (Å²) in [6.07, 6.45) is 5.78. The third-order valence-electron chi connectivity index (χ3n) is 4.71. The van der Waals surface area contributed by atoms with E-state index in [0.717, 1.165) is 25.7 Å². The smallest absolute Gasteiger partial charge is 0.321 e. The van der Waals surface area contributed by atoms with Crippen LogP contribution in [0.25, 0.3) is 11.4 Å². The highest BCUT2D eigenvalue weighted by molar-refractivity contribution is 8.00. The molecule has 0 aliphatic heterocycles. The minimum absolute atomic E-state index is 0.139. The molecule has 1 aliphatic rings. The largest absolute Gasteiger partial charge is 0.335 e. The molecule has 0 radical (unpaired) electrons. The van der Waals surface area contributed by atoms with Crippen LogP contribution < -0.4 is 10.6 Å². The van der Waals surface area contributed by atoms with Crippen molar-refractivity contribution in [2.45, 2.75) is 55.6 Å². The second-order valence-corrected chi connectivity index (χ2v) is 8.22. The Labute approximate surface area is 173 Å². The van der Waals surface area contributed by atoms with E-state index in [0.29, 0.717) is 23.1 Å². The van der Waals surface area contributed by atoms with Crippen LogP contribution in [0, 0.1) is 5.82 Å². The predicted octanol–water partition coefficient (Wildman–Crippen LogP) is 3.52. The van der Waals surface area contributed by atoms with Crippen molar-refractivity contribution in [3.05, 3.63) is 42.7 Å². The standard InChI is InChI=1S/C20H24FN5O2S/c1-3-12-26-17(14-8-10-15(21)11-9-14)24-25-20(26)29-13(2)18(27)23-19(28)22-16-6-4-5-7-16/h3,8-11,13,16H,1,4-7,12H2,2H3,(H2,22,23,27,28)/t13-/m1/s1. The van der Waals surface area contributed by atoms with E-state index >= 15 is 0 Å². The summed E-state index contributed by atoms with van der Waals surface area (Å²) in [6, 6.07) is 5.63. The molecular formula is C20H24FN5O2S. The van der Waals surface area contributed by atoms with E-state index in [1.54, 1.807) is 29.7 Å². The zero-order valence-corrected chi connectivity index (χ0v) is 17.0. The van der Waals surface area contributed by atoms with Crippen molar-refractivity contribution in [3.63, 3.8) is 0 Å². The number of nitrogens with zero attached hydrogens (tertiary/aromatic N) is 3. The average molecular weight is 418 g/mol. The summed E-state index contributed by atoms with van der Waals surface area (Å²) >= 11 is 1.20. The van der Waals surface area contributed by atoms with E-state index in [9.17, 15) is 14.0 Å². The second kappa shape index (κ2) is 9.69. The molecule has 1 aromatic heterocycles. The fraction of sp³-hybridized carbons (Fsp3) is 0.400. The van der Waals surface area contributed by atoms with Gasteiger partial charge in [0.1, 0.15) is 5.82 Å². The Morgan fingerprint density at radius 3 is 2.66 bits per heavy atom. The summed E-state index contributed by atoms with van der Waals surface area (Å²) in [7, 11) is 0. The van der Waals surface area contributed by atoms with Crippen molar-refractivity contribution in [3.8, 4) is 11.4 Å². The summed E-state index contributed by atoms with van der Waals surface area (Å²) in [5.41, 5.74) is 0.709. The second-order valence-electron chi connectivity index (χ2n) is 6.92. The molecule has 154 valence electrons. The third-order valence-corrected chi connectivity index (χ3v) is 5.79. The van der Waals surface area contributed by atoms with Crippen molar-refractivity contribution in [1.29, 1.82) is 0 Å². The monoisotopic (exact) mass is 417 g/mol. The molecule has 1 heterocycles. The van der Waals surface area contributed by atoms with E-state index in [4.69, 9.17) is 0 Å². The summed E-state index contributed by atoms with van der Waals surface area (Å²) in [5.74, 6) is -0.180. The van der Waals surface area contributed by atoms with Crippen molar-refractivity contribution in [1.82, 2.24) is 25.4 Å². The minimum Gasteiger partial charge on any atom is -0.335 e. The Balaban J connectivity index is 1.66. The summed E-state index contributed by atoms with van der Waals surface area (Å²) in [5, 5.41) is 13.5. The zero-order chi connectivity index (χ0) is 20.8. The van der Waals surface area contributed by atoms with Gasteiger partial charge in [-0.15, -0.1) is 16.8 Å². The number of benzene rings is 1. The van der Waals surface area contributed by atoms with Crippen LogP contribution >= 0.6 is 11.8 Å². The molecule has 29 heavy (non-hydrogen) atoms. The molecule has 0 spiro atoms. The van der Waals surface area contributed by atoms with E-state index in [-0.39, 0.29) is 11.9 Å². The van der Waals surface area contributed by atoms with E-state index in [1.807, 2.05) is 0 Å². The molecule has 1 aromatic carbocycles. The molecule has 7 nitrogen and oxygen atoms in total. The van der Waals surface area contributed by atoms with Crippen LogP contribution in [0.5, 0.6) is 0 Å². The Hall–Kier alpha value is -2.68. The fourth-order valence-corrected chi connectivity index (χ4v) is 4.06. The van der Waals surface area contributed by atoms with Crippen LogP contribution in [0.1, 0.15) is 32.6 Å². The van der Waals surface area contributed by atoms with Crippen molar-refractivity contribution < 1.29 is 14.0 Å². The van der Waals surface area contributed by atoms with Crippen molar-refractivity contribution in [2.24, 2.45) is 0 Å². The topological polar surface area (TPSA) is 88.9 Å². The molecule has 2 aromatic rings. The van der Waals surface area contributed by atoms with Gasteiger partial charge in [-0.05, 0) is 44.0 Å². The first-order chi connectivity index (χ1) is 14.0. The Morgan fingerprint density at radius 1 is 1.31 bits per heavy atom. The molecule has 3 amide bonds. The predicted molar refractivity (Wildman–Crippen MR) is 110 cm³/mol. The maximum atomic E-state index is 13.2. The molecule has 9 heteroatoms. The minimum atomic E-state index is -0.557. The number of urea groups is 1. The number of thioether (sulfide) groups is 1. The summed E-state index contributed by atoms with van der Waals surface area (Å²) in [6.45, 7) is 5.88. The van der Waals surface area contributed by atoms with Crippen LogP contribution in [0.3, 0.4) is 0 Å². The molecule has 1 aliphatic carbocycles. The number of amides is 3. The molecule has 3 rings (SSSR count). The first kappa shape index (κ1) is 21.0. The molecule has 1 fully saturated rings. The van der Waals surface area contributed by atoms with Gasteiger partial charge in [-0.2, -0.15) is 0 Å². The van der Waals surface area contributed by atoms with Crippen molar-refractivity contribution >= 4 is 23.7 Å². The van der Waals surface area contributed by atoms with Crippen LogP contribution in [-0.2, 0) is 11.3 Å². The molecule has 0 unspecified atom stereocenters. The molecule has 2 N–H and O–H groups in total. The number of carbonyl (C=O) groups is 2. The van der Waals surface area contributed by atoms with Gasteiger partial charge < -0.3 is 5.32 Å². The number of carbonyl (C=O) groups excluding carboxylic acids is 2. The first-order valence-electron chi connectivity index (χ1n) is 9.56. The average Bonchev–Trinajstić information content (AvgIpc) is 3.33. The number of rotatable bonds is 7. The number of aromatic nitrogens is 3. The molecule has 1 saturated carbocycles. The number of nitrogens with one attached hydrogen (secondary N) is 2. The lowest BCUT2D eigenvalue weighted by Crippen LogP contribution is -2.45. The van der Waals surface area contributed by atoms with Crippen molar-refractivity contribution in [2.75, 3.05) is 0 Å². The number of allylic oxidation sites excluding steroid dienone is 1. The lowest BCUT2D eigenvalue weighted by Gasteiger charge is -2.15. The maximum absolute atomic E-state index is 13.2. The SMILES string of the molecule is C=CCn1c(S[C@H](C)C(=O)NC(=O)NC2CCCC2)nnc1-c1ccc(F)cc1. The van der Waals surface area contributed by atoms with E-state index in [2.05, 4.69) is 27.4 Å².